The molecule has 3 rings (SSSR count). The molecule has 20 heavy (non-hydrogen) atoms. The third-order valence-electron chi connectivity index (χ3n) is 4.11. The van der Waals surface area contributed by atoms with Crippen molar-refractivity contribution in [3.8, 4) is 0 Å². The van der Waals surface area contributed by atoms with Gasteiger partial charge >= 0.3 is 0 Å². The Morgan fingerprint density at radius 1 is 0.850 bits per heavy atom. The molecular formula is C19H22N+. The third-order valence-corrected chi connectivity index (χ3v) is 4.11. The summed E-state index contributed by atoms with van der Waals surface area (Å²) >= 11 is 0. The van der Waals surface area contributed by atoms with Crippen molar-refractivity contribution in [3.05, 3.63) is 53.7 Å². The van der Waals surface area contributed by atoms with Gasteiger partial charge in [0.15, 0.2) is 5.69 Å². The number of aromatic nitrogens is 1. The van der Waals surface area contributed by atoms with Gasteiger partial charge in [-0.1, -0.05) is 51.1 Å². The van der Waals surface area contributed by atoms with Crippen molar-refractivity contribution in [2.45, 2.75) is 33.1 Å². The molecule has 1 aromatic heterocycles. The Labute approximate surface area is 120 Å². The molecule has 102 valence electrons. The number of aryl methyl sites for hydroxylation is 2. The first-order valence-corrected chi connectivity index (χ1v) is 7.22. The lowest BCUT2D eigenvalue weighted by molar-refractivity contribution is -0.654. The first-order chi connectivity index (χ1) is 9.41. The fraction of sp³-hybridized carbons (Fsp3) is 0.316. The number of nitrogens with zero attached hydrogens (tertiary/aromatic N) is 1. The maximum atomic E-state index is 2.37. The van der Waals surface area contributed by atoms with E-state index in [1.807, 2.05) is 0 Å². The van der Waals surface area contributed by atoms with Gasteiger partial charge in [0.2, 0.25) is 5.52 Å². The predicted molar refractivity (Wildman–Crippen MR) is 86.1 cm³/mol. The van der Waals surface area contributed by atoms with Gasteiger partial charge in [0.1, 0.15) is 7.05 Å². The highest BCUT2D eigenvalue weighted by Gasteiger charge is 2.29. The highest BCUT2D eigenvalue weighted by atomic mass is 14.9. The Bertz CT molecular complexity index is 807. The summed E-state index contributed by atoms with van der Waals surface area (Å²) in [5.74, 6) is 0. The smallest absolute Gasteiger partial charge is 0.197 e. The average molecular weight is 264 g/mol. The normalized spacial score (nSPS) is 12.2. The van der Waals surface area contributed by atoms with Crippen LogP contribution in [-0.2, 0) is 12.5 Å². The maximum Gasteiger partial charge on any atom is 0.213 e. The maximum absolute atomic E-state index is 2.37. The van der Waals surface area contributed by atoms with E-state index in [4.69, 9.17) is 0 Å². The summed E-state index contributed by atoms with van der Waals surface area (Å²) < 4.78 is 2.37. The summed E-state index contributed by atoms with van der Waals surface area (Å²) in [7, 11) is 2.19. The summed E-state index contributed by atoms with van der Waals surface area (Å²) in [6.07, 6.45) is 0. The van der Waals surface area contributed by atoms with Crippen LogP contribution >= 0.6 is 0 Å². The number of fused-ring (bicyclic) bond motifs is 3. The van der Waals surface area contributed by atoms with Gasteiger partial charge in [-0.15, -0.1) is 0 Å². The van der Waals surface area contributed by atoms with Gasteiger partial charge in [0, 0.05) is 16.9 Å². The van der Waals surface area contributed by atoms with Crippen LogP contribution < -0.4 is 4.57 Å². The summed E-state index contributed by atoms with van der Waals surface area (Å²) in [4.78, 5) is 0. The molecule has 0 aliphatic carbocycles. The summed E-state index contributed by atoms with van der Waals surface area (Å²) in [5, 5.41) is 4.10. The van der Waals surface area contributed by atoms with Crippen LogP contribution in [0.1, 0.15) is 32.0 Å². The van der Waals surface area contributed by atoms with Crippen LogP contribution in [0.15, 0.2) is 42.5 Å². The van der Waals surface area contributed by atoms with Crippen molar-refractivity contribution < 1.29 is 4.57 Å². The number of hydrogen-bond acceptors (Lipinski definition) is 0. The van der Waals surface area contributed by atoms with E-state index in [0.717, 1.165) is 0 Å². The monoisotopic (exact) mass is 264 g/mol. The second kappa shape index (κ2) is 4.31. The molecule has 0 aliphatic rings. The van der Waals surface area contributed by atoms with Gasteiger partial charge in [-0.25, -0.2) is 0 Å². The first kappa shape index (κ1) is 13.1. The SMILES string of the molecule is Cc1cccc2c1c1ccccc1c(C(C)(C)C)[n+]2C. The Morgan fingerprint density at radius 3 is 2.15 bits per heavy atom. The molecular weight excluding hydrogens is 242 g/mol. The van der Waals surface area contributed by atoms with Crippen molar-refractivity contribution in [2.75, 3.05) is 0 Å². The topological polar surface area (TPSA) is 3.88 Å². The largest absolute Gasteiger partial charge is 0.213 e. The lowest BCUT2D eigenvalue weighted by atomic mass is 9.86. The second-order valence-corrected chi connectivity index (χ2v) is 6.67. The van der Waals surface area contributed by atoms with Gasteiger partial charge in [-0.2, -0.15) is 4.57 Å². The second-order valence-electron chi connectivity index (χ2n) is 6.67. The summed E-state index contributed by atoms with van der Waals surface area (Å²) in [5.41, 5.74) is 4.17. The zero-order valence-corrected chi connectivity index (χ0v) is 13.0. The molecule has 0 atom stereocenters. The van der Waals surface area contributed by atoms with Crippen molar-refractivity contribution in [1.82, 2.24) is 0 Å². The highest BCUT2D eigenvalue weighted by Crippen LogP contribution is 2.32. The van der Waals surface area contributed by atoms with E-state index >= 15 is 0 Å². The Balaban J connectivity index is 2.67. The minimum absolute atomic E-state index is 0.117. The van der Waals surface area contributed by atoms with Gasteiger partial charge in [0.05, 0.1) is 10.8 Å². The molecule has 0 aliphatic heterocycles. The van der Waals surface area contributed by atoms with E-state index in [1.54, 1.807) is 0 Å². The molecule has 1 heteroatoms. The average Bonchev–Trinajstić information content (AvgIpc) is 2.38. The Hall–Kier alpha value is -1.89. The fourth-order valence-electron chi connectivity index (χ4n) is 3.40. The van der Waals surface area contributed by atoms with Crippen LogP contribution in [0.4, 0.5) is 0 Å². The molecule has 0 spiro atoms. The molecule has 1 heterocycles. The van der Waals surface area contributed by atoms with Crippen molar-refractivity contribution in [1.29, 1.82) is 0 Å². The molecule has 0 unspecified atom stereocenters. The van der Waals surface area contributed by atoms with Crippen LogP contribution in [0.5, 0.6) is 0 Å². The van der Waals surface area contributed by atoms with E-state index in [0.29, 0.717) is 0 Å². The number of rotatable bonds is 0. The van der Waals surface area contributed by atoms with E-state index in [1.165, 1.54) is 32.9 Å². The van der Waals surface area contributed by atoms with Crippen LogP contribution in [0.3, 0.4) is 0 Å². The Kier molecular flexibility index (Phi) is 2.82. The minimum atomic E-state index is 0.117. The highest BCUT2D eigenvalue weighted by molar-refractivity contribution is 6.06. The van der Waals surface area contributed by atoms with E-state index < -0.39 is 0 Å². The molecule has 0 N–H and O–H groups in total. The lowest BCUT2D eigenvalue weighted by Gasteiger charge is -2.20. The third kappa shape index (κ3) is 1.81. The van der Waals surface area contributed by atoms with Crippen LogP contribution in [0.2, 0.25) is 0 Å². The quantitative estimate of drug-likeness (QED) is 0.418. The van der Waals surface area contributed by atoms with Crippen LogP contribution in [-0.4, -0.2) is 0 Å². The van der Waals surface area contributed by atoms with Crippen LogP contribution in [0, 0.1) is 6.92 Å². The summed E-state index contributed by atoms with van der Waals surface area (Å²) in [6, 6.07) is 15.4. The van der Waals surface area contributed by atoms with Gasteiger partial charge < -0.3 is 0 Å². The molecule has 3 aromatic rings. The first-order valence-electron chi connectivity index (χ1n) is 7.22. The fourth-order valence-corrected chi connectivity index (χ4v) is 3.40. The molecule has 0 amide bonds. The molecule has 0 fully saturated rings. The van der Waals surface area contributed by atoms with Crippen molar-refractivity contribution in [3.63, 3.8) is 0 Å². The number of benzene rings is 2. The van der Waals surface area contributed by atoms with Gasteiger partial charge in [-0.3, -0.25) is 0 Å². The molecule has 0 saturated carbocycles. The van der Waals surface area contributed by atoms with E-state index in [-0.39, 0.29) is 5.41 Å². The predicted octanol–water partition coefficient (Wildman–Crippen LogP) is 4.42. The molecule has 0 radical (unpaired) electrons. The zero-order chi connectivity index (χ0) is 14.5. The molecule has 1 nitrogen and oxygen atoms in total. The molecule has 2 aromatic carbocycles. The molecule has 0 saturated heterocycles. The standard InChI is InChI=1S/C19H22N/c1-13-9-8-12-16-17(13)14-10-6-7-11-15(14)18(20(16)5)19(2,3)4/h6-12H,1-5H3/q+1. The van der Waals surface area contributed by atoms with Gasteiger partial charge in [-0.05, 0) is 18.6 Å². The van der Waals surface area contributed by atoms with Crippen LogP contribution in [0.25, 0.3) is 21.7 Å². The number of hydrogen-bond donors (Lipinski definition) is 0. The number of pyridine rings is 1. The van der Waals surface area contributed by atoms with E-state index in [9.17, 15) is 0 Å². The zero-order valence-electron chi connectivity index (χ0n) is 13.0. The Morgan fingerprint density at radius 2 is 1.50 bits per heavy atom. The minimum Gasteiger partial charge on any atom is -0.197 e. The molecule has 0 bridgehead atoms. The lowest BCUT2D eigenvalue weighted by Crippen LogP contribution is -2.40. The van der Waals surface area contributed by atoms with E-state index in [2.05, 4.69) is 81.8 Å². The van der Waals surface area contributed by atoms with Gasteiger partial charge in [0.25, 0.3) is 0 Å². The van der Waals surface area contributed by atoms with Crippen molar-refractivity contribution in [2.24, 2.45) is 7.05 Å². The summed E-state index contributed by atoms with van der Waals surface area (Å²) in [6.45, 7) is 9.06. The van der Waals surface area contributed by atoms with Crippen molar-refractivity contribution >= 4 is 21.7 Å².